The lowest BCUT2D eigenvalue weighted by Gasteiger charge is -2.17. The van der Waals surface area contributed by atoms with E-state index in [0.717, 1.165) is 18.4 Å². The summed E-state index contributed by atoms with van der Waals surface area (Å²) in [6.07, 6.45) is 3.55. The normalized spacial score (nSPS) is 17.1. The van der Waals surface area contributed by atoms with Crippen LogP contribution in [0.25, 0.3) is 0 Å². The molecule has 4 heteroatoms. The third-order valence-electron chi connectivity index (χ3n) is 3.61. The molecule has 2 N–H and O–H groups in total. The van der Waals surface area contributed by atoms with Crippen molar-refractivity contribution in [1.82, 2.24) is 5.32 Å². The molecule has 0 bridgehead atoms. The molecule has 1 aromatic rings. The van der Waals surface area contributed by atoms with Crippen molar-refractivity contribution in [2.45, 2.75) is 38.4 Å². The first-order valence-corrected chi connectivity index (χ1v) is 6.88. The van der Waals surface area contributed by atoms with Crippen LogP contribution >= 0.6 is 0 Å². The van der Waals surface area contributed by atoms with Gasteiger partial charge in [-0.15, -0.1) is 0 Å². The van der Waals surface area contributed by atoms with Crippen LogP contribution in [0.15, 0.2) is 30.3 Å². The Kier molecular flexibility index (Phi) is 5.21. The molecule has 0 spiro atoms. The van der Waals surface area contributed by atoms with Gasteiger partial charge in [-0.1, -0.05) is 43.2 Å². The van der Waals surface area contributed by atoms with E-state index < -0.39 is 12.2 Å². The van der Waals surface area contributed by atoms with Gasteiger partial charge >= 0.3 is 6.09 Å². The fourth-order valence-electron chi connectivity index (χ4n) is 2.47. The van der Waals surface area contributed by atoms with Gasteiger partial charge in [0.15, 0.2) is 0 Å². The van der Waals surface area contributed by atoms with Crippen molar-refractivity contribution >= 4 is 6.09 Å². The lowest BCUT2D eigenvalue weighted by atomic mass is 10.0. The average Bonchev–Trinajstić information content (AvgIpc) is 2.98. The van der Waals surface area contributed by atoms with Gasteiger partial charge in [0.2, 0.25) is 0 Å². The van der Waals surface area contributed by atoms with Crippen LogP contribution in [-0.2, 0) is 11.3 Å². The van der Waals surface area contributed by atoms with Crippen LogP contribution in [0, 0.1) is 5.92 Å². The highest BCUT2D eigenvalue weighted by molar-refractivity contribution is 5.67. The van der Waals surface area contributed by atoms with E-state index >= 15 is 0 Å². The summed E-state index contributed by atoms with van der Waals surface area (Å²) in [4.78, 5) is 11.5. The Bertz CT molecular complexity index is 388. The SMILES string of the molecule is O=C(NCC(O)C1CCCC1)OCc1ccccc1. The fourth-order valence-corrected chi connectivity index (χ4v) is 2.47. The van der Waals surface area contributed by atoms with E-state index in [2.05, 4.69) is 5.32 Å². The molecule has 2 rings (SSSR count). The molecule has 19 heavy (non-hydrogen) atoms. The number of hydrogen-bond donors (Lipinski definition) is 2. The molecule has 1 atom stereocenters. The van der Waals surface area contributed by atoms with Gasteiger partial charge in [-0.05, 0) is 24.3 Å². The zero-order chi connectivity index (χ0) is 13.5. The molecule has 0 heterocycles. The Morgan fingerprint density at radius 2 is 2.00 bits per heavy atom. The molecule has 1 amide bonds. The van der Waals surface area contributed by atoms with E-state index in [1.54, 1.807) is 0 Å². The van der Waals surface area contributed by atoms with Crippen molar-refractivity contribution in [3.8, 4) is 0 Å². The zero-order valence-electron chi connectivity index (χ0n) is 11.0. The third-order valence-corrected chi connectivity index (χ3v) is 3.61. The number of aliphatic hydroxyl groups is 1. The minimum Gasteiger partial charge on any atom is -0.445 e. The highest BCUT2D eigenvalue weighted by Crippen LogP contribution is 2.27. The molecular weight excluding hydrogens is 242 g/mol. The molecule has 104 valence electrons. The molecule has 1 saturated carbocycles. The van der Waals surface area contributed by atoms with E-state index in [9.17, 15) is 9.90 Å². The molecule has 0 saturated heterocycles. The first kappa shape index (κ1) is 13.9. The number of benzene rings is 1. The summed E-state index contributed by atoms with van der Waals surface area (Å²) < 4.78 is 5.08. The highest BCUT2D eigenvalue weighted by atomic mass is 16.5. The number of nitrogens with one attached hydrogen (secondary N) is 1. The Labute approximate surface area is 113 Å². The monoisotopic (exact) mass is 263 g/mol. The molecule has 0 aliphatic heterocycles. The van der Waals surface area contributed by atoms with E-state index in [-0.39, 0.29) is 13.2 Å². The molecule has 1 aliphatic rings. The fraction of sp³-hybridized carbons (Fsp3) is 0.533. The van der Waals surface area contributed by atoms with Crippen molar-refractivity contribution in [1.29, 1.82) is 0 Å². The summed E-state index contributed by atoms with van der Waals surface area (Å²) in [5, 5.41) is 12.5. The van der Waals surface area contributed by atoms with E-state index in [4.69, 9.17) is 4.74 Å². The second kappa shape index (κ2) is 7.14. The highest BCUT2D eigenvalue weighted by Gasteiger charge is 2.23. The summed E-state index contributed by atoms with van der Waals surface area (Å²) in [7, 11) is 0. The van der Waals surface area contributed by atoms with Crippen LogP contribution in [-0.4, -0.2) is 23.8 Å². The number of ether oxygens (including phenoxy) is 1. The molecule has 1 aliphatic carbocycles. The first-order chi connectivity index (χ1) is 9.25. The van der Waals surface area contributed by atoms with E-state index in [0.29, 0.717) is 5.92 Å². The van der Waals surface area contributed by atoms with Gasteiger partial charge < -0.3 is 15.2 Å². The van der Waals surface area contributed by atoms with Gasteiger partial charge in [0.1, 0.15) is 6.61 Å². The zero-order valence-corrected chi connectivity index (χ0v) is 11.0. The number of rotatable bonds is 5. The van der Waals surface area contributed by atoms with E-state index in [1.807, 2.05) is 30.3 Å². The predicted molar refractivity (Wildman–Crippen MR) is 72.6 cm³/mol. The maximum atomic E-state index is 11.5. The van der Waals surface area contributed by atoms with Gasteiger partial charge in [0, 0.05) is 6.54 Å². The van der Waals surface area contributed by atoms with Crippen LogP contribution in [0.4, 0.5) is 4.79 Å². The minimum atomic E-state index is -0.471. The predicted octanol–water partition coefficient (Wildman–Crippen LogP) is 2.46. The van der Waals surface area contributed by atoms with Gasteiger partial charge in [0.05, 0.1) is 6.10 Å². The maximum absolute atomic E-state index is 11.5. The number of hydrogen-bond acceptors (Lipinski definition) is 3. The van der Waals surface area contributed by atoms with Crippen molar-refractivity contribution in [2.24, 2.45) is 5.92 Å². The topological polar surface area (TPSA) is 58.6 Å². The van der Waals surface area contributed by atoms with Crippen molar-refractivity contribution in [3.63, 3.8) is 0 Å². The Hall–Kier alpha value is -1.55. The van der Waals surface area contributed by atoms with Crippen molar-refractivity contribution < 1.29 is 14.6 Å². The Morgan fingerprint density at radius 3 is 2.68 bits per heavy atom. The second-order valence-electron chi connectivity index (χ2n) is 5.05. The van der Waals surface area contributed by atoms with Crippen molar-refractivity contribution in [3.05, 3.63) is 35.9 Å². The number of aliphatic hydroxyl groups excluding tert-OH is 1. The summed E-state index contributed by atoms with van der Waals surface area (Å²) >= 11 is 0. The second-order valence-corrected chi connectivity index (χ2v) is 5.05. The van der Waals surface area contributed by atoms with Gasteiger partial charge in [-0.25, -0.2) is 4.79 Å². The third kappa shape index (κ3) is 4.56. The molecule has 1 unspecified atom stereocenters. The lowest BCUT2D eigenvalue weighted by Crippen LogP contribution is -2.35. The summed E-state index contributed by atoms with van der Waals surface area (Å²) in [5.41, 5.74) is 0.953. The summed E-state index contributed by atoms with van der Waals surface area (Å²) in [6.45, 7) is 0.532. The number of alkyl carbamates (subject to hydrolysis) is 1. The van der Waals surface area contributed by atoms with Gasteiger partial charge in [0.25, 0.3) is 0 Å². The van der Waals surface area contributed by atoms with Crippen LogP contribution < -0.4 is 5.32 Å². The van der Waals surface area contributed by atoms with Crippen LogP contribution in [0.3, 0.4) is 0 Å². The van der Waals surface area contributed by atoms with Crippen LogP contribution in [0.5, 0.6) is 0 Å². The largest absolute Gasteiger partial charge is 0.445 e. The average molecular weight is 263 g/mol. The molecular formula is C15H21NO3. The van der Waals surface area contributed by atoms with Crippen LogP contribution in [0.1, 0.15) is 31.2 Å². The summed E-state index contributed by atoms with van der Waals surface area (Å²) in [6, 6.07) is 9.53. The van der Waals surface area contributed by atoms with Gasteiger partial charge in [-0.3, -0.25) is 0 Å². The molecule has 1 fully saturated rings. The molecule has 1 aromatic carbocycles. The molecule has 4 nitrogen and oxygen atoms in total. The minimum absolute atomic E-state index is 0.256. The quantitative estimate of drug-likeness (QED) is 0.858. The Balaban J connectivity index is 1.64. The molecule has 0 aromatic heterocycles. The number of carbonyl (C=O) groups excluding carboxylic acids is 1. The number of carbonyl (C=O) groups is 1. The molecule has 0 radical (unpaired) electrons. The lowest BCUT2D eigenvalue weighted by molar-refractivity contribution is 0.0973. The van der Waals surface area contributed by atoms with Crippen molar-refractivity contribution in [2.75, 3.05) is 6.54 Å². The maximum Gasteiger partial charge on any atom is 0.407 e. The van der Waals surface area contributed by atoms with E-state index in [1.165, 1.54) is 12.8 Å². The first-order valence-electron chi connectivity index (χ1n) is 6.88. The number of amides is 1. The van der Waals surface area contributed by atoms with Gasteiger partial charge in [-0.2, -0.15) is 0 Å². The smallest absolute Gasteiger partial charge is 0.407 e. The Morgan fingerprint density at radius 1 is 1.32 bits per heavy atom. The van der Waals surface area contributed by atoms with Crippen LogP contribution in [0.2, 0.25) is 0 Å². The summed E-state index contributed by atoms with van der Waals surface area (Å²) in [5.74, 6) is 0.328. The standard InChI is InChI=1S/C15H21NO3/c17-14(13-8-4-5-9-13)10-16-15(18)19-11-12-6-2-1-3-7-12/h1-3,6-7,13-14,17H,4-5,8-11H2,(H,16,18).